The largest absolute Gasteiger partial charge is 0.236 e. The van der Waals surface area contributed by atoms with E-state index in [2.05, 4.69) is 20.1 Å². The van der Waals surface area contributed by atoms with Crippen LogP contribution in [0.5, 0.6) is 0 Å². The molecular weight excluding hydrogens is 238 g/mol. The van der Waals surface area contributed by atoms with Crippen LogP contribution in [0, 0.1) is 0 Å². The number of aromatic nitrogens is 5. The van der Waals surface area contributed by atoms with E-state index >= 15 is 0 Å². The van der Waals surface area contributed by atoms with Gasteiger partial charge in [0.1, 0.15) is 6.33 Å². The van der Waals surface area contributed by atoms with Gasteiger partial charge in [-0.05, 0) is 12.1 Å². The standard InChI is InChI=1S/C14H9N5/c1-2-5-10(6-3-1)12-17-14-11-7-4-8-15-13(11)16-9-19(14)18-12/h1-9H. The second kappa shape index (κ2) is 3.84. The molecule has 4 rings (SSSR count). The molecule has 1 aromatic carbocycles. The summed E-state index contributed by atoms with van der Waals surface area (Å²) in [6, 6.07) is 13.7. The summed E-state index contributed by atoms with van der Waals surface area (Å²) in [7, 11) is 0. The highest BCUT2D eigenvalue weighted by molar-refractivity contribution is 5.88. The molecule has 90 valence electrons. The van der Waals surface area contributed by atoms with E-state index in [4.69, 9.17) is 0 Å². The minimum absolute atomic E-state index is 0.682. The van der Waals surface area contributed by atoms with Gasteiger partial charge in [-0.1, -0.05) is 30.3 Å². The fourth-order valence-corrected chi connectivity index (χ4v) is 2.08. The van der Waals surface area contributed by atoms with Crippen molar-refractivity contribution in [1.82, 2.24) is 24.6 Å². The van der Waals surface area contributed by atoms with Gasteiger partial charge in [0.05, 0.1) is 5.39 Å². The number of pyridine rings is 1. The normalized spacial score (nSPS) is 11.2. The van der Waals surface area contributed by atoms with Crippen molar-refractivity contribution >= 4 is 16.7 Å². The van der Waals surface area contributed by atoms with E-state index < -0.39 is 0 Å². The first-order chi connectivity index (χ1) is 9.42. The summed E-state index contributed by atoms with van der Waals surface area (Å²) in [5.74, 6) is 0.693. The van der Waals surface area contributed by atoms with Gasteiger partial charge in [0.2, 0.25) is 0 Å². The highest BCUT2D eigenvalue weighted by Crippen LogP contribution is 2.19. The van der Waals surface area contributed by atoms with Gasteiger partial charge in [-0.2, -0.15) is 0 Å². The third kappa shape index (κ3) is 1.55. The summed E-state index contributed by atoms with van der Waals surface area (Å²) in [5.41, 5.74) is 2.45. The quantitative estimate of drug-likeness (QED) is 0.518. The van der Waals surface area contributed by atoms with Crippen LogP contribution in [0.4, 0.5) is 0 Å². The minimum atomic E-state index is 0.682. The summed E-state index contributed by atoms with van der Waals surface area (Å²) >= 11 is 0. The van der Waals surface area contributed by atoms with Crippen LogP contribution in [0.2, 0.25) is 0 Å². The Balaban J connectivity index is 2.04. The molecule has 0 spiro atoms. The van der Waals surface area contributed by atoms with Crippen LogP contribution >= 0.6 is 0 Å². The van der Waals surface area contributed by atoms with Gasteiger partial charge in [0.25, 0.3) is 0 Å². The third-order valence-electron chi connectivity index (χ3n) is 2.98. The maximum absolute atomic E-state index is 4.58. The predicted octanol–water partition coefficient (Wildman–Crippen LogP) is 2.34. The molecule has 0 N–H and O–H groups in total. The first-order valence-electron chi connectivity index (χ1n) is 5.93. The maximum atomic E-state index is 4.58. The average Bonchev–Trinajstić information content (AvgIpc) is 2.93. The zero-order valence-corrected chi connectivity index (χ0v) is 9.93. The Morgan fingerprint density at radius 3 is 2.68 bits per heavy atom. The predicted molar refractivity (Wildman–Crippen MR) is 71.5 cm³/mol. The molecule has 0 fully saturated rings. The molecule has 19 heavy (non-hydrogen) atoms. The van der Waals surface area contributed by atoms with Crippen molar-refractivity contribution in [3.8, 4) is 11.4 Å². The molecule has 5 nitrogen and oxygen atoms in total. The number of fused-ring (bicyclic) bond motifs is 3. The van der Waals surface area contributed by atoms with E-state index in [1.807, 2.05) is 42.5 Å². The van der Waals surface area contributed by atoms with Gasteiger partial charge in [-0.15, -0.1) is 5.10 Å². The molecule has 0 amide bonds. The summed E-state index contributed by atoms with van der Waals surface area (Å²) in [4.78, 5) is 13.1. The number of hydrogen-bond donors (Lipinski definition) is 0. The van der Waals surface area contributed by atoms with Crippen LogP contribution in [-0.4, -0.2) is 24.6 Å². The zero-order valence-electron chi connectivity index (χ0n) is 9.93. The Bertz CT molecular complexity index is 867. The van der Waals surface area contributed by atoms with Crippen molar-refractivity contribution in [3.05, 3.63) is 55.0 Å². The van der Waals surface area contributed by atoms with Crippen molar-refractivity contribution in [1.29, 1.82) is 0 Å². The fourth-order valence-electron chi connectivity index (χ4n) is 2.08. The number of nitrogens with zero attached hydrogens (tertiary/aromatic N) is 5. The second-order valence-corrected chi connectivity index (χ2v) is 4.19. The van der Waals surface area contributed by atoms with Gasteiger partial charge in [-0.3, -0.25) is 0 Å². The molecule has 0 unspecified atom stereocenters. The Hall–Kier alpha value is -2.82. The average molecular weight is 247 g/mol. The lowest BCUT2D eigenvalue weighted by Gasteiger charge is -1.95. The third-order valence-corrected chi connectivity index (χ3v) is 2.98. The van der Waals surface area contributed by atoms with E-state index in [0.717, 1.165) is 16.6 Å². The molecule has 0 saturated heterocycles. The molecule has 3 heterocycles. The summed E-state index contributed by atoms with van der Waals surface area (Å²) < 4.78 is 1.69. The lowest BCUT2D eigenvalue weighted by Crippen LogP contribution is -1.92. The first-order valence-corrected chi connectivity index (χ1v) is 5.93. The fraction of sp³-hybridized carbons (Fsp3) is 0. The van der Waals surface area contributed by atoms with Crippen molar-refractivity contribution in [3.63, 3.8) is 0 Å². The molecule has 0 bridgehead atoms. The zero-order chi connectivity index (χ0) is 12.7. The van der Waals surface area contributed by atoms with Crippen molar-refractivity contribution < 1.29 is 0 Å². The topological polar surface area (TPSA) is 56.0 Å². The molecule has 0 radical (unpaired) electrons. The highest BCUT2D eigenvalue weighted by Gasteiger charge is 2.09. The number of rotatable bonds is 1. The van der Waals surface area contributed by atoms with Crippen LogP contribution < -0.4 is 0 Å². The van der Waals surface area contributed by atoms with E-state index in [-0.39, 0.29) is 0 Å². The van der Waals surface area contributed by atoms with E-state index in [1.165, 1.54) is 0 Å². The van der Waals surface area contributed by atoms with Crippen LogP contribution in [-0.2, 0) is 0 Å². The SMILES string of the molecule is c1ccc(-c2nc3c4cccnc4ncn3n2)cc1. The van der Waals surface area contributed by atoms with Crippen molar-refractivity contribution in [2.45, 2.75) is 0 Å². The van der Waals surface area contributed by atoms with Gasteiger partial charge in [-0.25, -0.2) is 19.5 Å². The molecule has 5 heteroatoms. The number of benzene rings is 1. The smallest absolute Gasteiger partial charge is 0.182 e. The Morgan fingerprint density at radius 1 is 0.895 bits per heavy atom. The molecule has 4 aromatic rings. The molecule has 0 aliphatic rings. The summed E-state index contributed by atoms with van der Waals surface area (Å²) in [5, 5.41) is 5.35. The van der Waals surface area contributed by atoms with Gasteiger partial charge in [0, 0.05) is 11.8 Å². The van der Waals surface area contributed by atoms with Crippen LogP contribution in [0.3, 0.4) is 0 Å². The lowest BCUT2D eigenvalue weighted by molar-refractivity contribution is 0.934. The molecular formula is C14H9N5. The van der Waals surface area contributed by atoms with E-state index in [9.17, 15) is 0 Å². The van der Waals surface area contributed by atoms with Crippen molar-refractivity contribution in [2.75, 3.05) is 0 Å². The number of hydrogen-bond acceptors (Lipinski definition) is 4. The first kappa shape index (κ1) is 10.1. The Labute approximate surface area is 108 Å². The summed E-state index contributed by atoms with van der Waals surface area (Å²) in [6.45, 7) is 0. The molecule has 0 saturated carbocycles. The van der Waals surface area contributed by atoms with Crippen LogP contribution in [0.1, 0.15) is 0 Å². The Kier molecular flexibility index (Phi) is 2.05. The highest BCUT2D eigenvalue weighted by atomic mass is 15.3. The second-order valence-electron chi connectivity index (χ2n) is 4.19. The molecule has 0 atom stereocenters. The van der Waals surface area contributed by atoms with Crippen LogP contribution in [0.25, 0.3) is 28.1 Å². The van der Waals surface area contributed by atoms with E-state index in [0.29, 0.717) is 11.5 Å². The monoisotopic (exact) mass is 247 g/mol. The summed E-state index contributed by atoms with van der Waals surface area (Å²) in [6.07, 6.45) is 3.37. The Morgan fingerprint density at radius 2 is 1.79 bits per heavy atom. The van der Waals surface area contributed by atoms with Crippen molar-refractivity contribution in [2.24, 2.45) is 0 Å². The minimum Gasteiger partial charge on any atom is -0.236 e. The van der Waals surface area contributed by atoms with Gasteiger partial charge < -0.3 is 0 Å². The maximum Gasteiger partial charge on any atom is 0.182 e. The van der Waals surface area contributed by atoms with Crippen LogP contribution in [0.15, 0.2) is 55.0 Å². The van der Waals surface area contributed by atoms with Gasteiger partial charge in [0.15, 0.2) is 17.1 Å². The molecule has 3 aromatic heterocycles. The van der Waals surface area contributed by atoms with E-state index in [1.54, 1.807) is 17.0 Å². The molecule has 0 aliphatic carbocycles. The van der Waals surface area contributed by atoms with Gasteiger partial charge >= 0.3 is 0 Å². The lowest BCUT2D eigenvalue weighted by atomic mass is 10.2. The molecule has 0 aliphatic heterocycles.